The van der Waals surface area contributed by atoms with Gasteiger partial charge in [-0.2, -0.15) is 5.26 Å². The van der Waals surface area contributed by atoms with Gasteiger partial charge in [0.25, 0.3) is 0 Å². The Morgan fingerprint density at radius 1 is 1.12 bits per heavy atom. The number of nitriles is 1. The number of hydrogen-bond donors (Lipinski definition) is 1. The van der Waals surface area contributed by atoms with Crippen LogP contribution >= 0.6 is 0 Å². The lowest BCUT2D eigenvalue weighted by Gasteiger charge is -2.31. The number of carbonyl (C=O) groups excluding carboxylic acids is 1. The Kier molecular flexibility index (Phi) is 5.00. The van der Waals surface area contributed by atoms with Gasteiger partial charge in [0.1, 0.15) is 0 Å². The maximum atomic E-state index is 13.7. The van der Waals surface area contributed by atoms with Crippen LogP contribution in [0.5, 0.6) is 0 Å². The van der Waals surface area contributed by atoms with Crippen LogP contribution in [0.2, 0.25) is 0 Å². The predicted octanol–water partition coefficient (Wildman–Crippen LogP) is 4.24. The van der Waals surface area contributed by atoms with Gasteiger partial charge >= 0.3 is 0 Å². The number of aromatic amines is 1. The maximum Gasteiger partial charge on any atom is 0.211 e. The quantitative estimate of drug-likeness (QED) is 0.618. The number of nitrogens with one attached hydrogen (secondary N) is 1. The van der Waals surface area contributed by atoms with Crippen LogP contribution < -0.4 is 0 Å². The van der Waals surface area contributed by atoms with E-state index in [0.29, 0.717) is 24.2 Å². The standard InChI is InChI=1S/C26H27N3O3S/c1-26(2)14-19-13-18(17-8-10-29(11-9-17)33(3,31)32)5-7-20(19)24(30)23-21-6-4-16(15-27)12-22(21)28-25(23)26/h4-7,12-13,17,28H,8-11,14H2,1-3H3. The highest BCUT2D eigenvalue weighted by molar-refractivity contribution is 7.88. The van der Waals surface area contributed by atoms with E-state index in [1.165, 1.54) is 11.8 Å². The van der Waals surface area contributed by atoms with Gasteiger partial charge in [-0.3, -0.25) is 4.79 Å². The second-order valence-corrected chi connectivity index (χ2v) is 12.0. The number of sulfonamides is 1. The number of aromatic nitrogens is 1. The van der Waals surface area contributed by atoms with Gasteiger partial charge in [-0.15, -0.1) is 0 Å². The van der Waals surface area contributed by atoms with Crippen molar-refractivity contribution in [2.24, 2.45) is 0 Å². The summed E-state index contributed by atoms with van der Waals surface area (Å²) in [4.78, 5) is 17.2. The van der Waals surface area contributed by atoms with Crippen LogP contribution in [0.1, 0.15) is 70.9 Å². The summed E-state index contributed by atoms with van der Waals surface area (Å²) in [5, 5.41) is 10.1. The molecule has 2 aromatic carbocycles. The summed E-state index contributed by atoms with van der Waals surface area (Å²) < 4.78 is 25.2. The number of ketones is 1. The minimum Gasteiger partial charge on any atom is -0.357 e. The van der Waals surface area contributed by atoms with Crippen LogP contribution in [0.15, 0.2) is 36.4 Å². The molecule has 0 bridgehead atoms. The van der Waals surface area contributed by atoms with Crippen LogP contribution in [-0.4, -0.2) is 42.8 Å². The number of H-pyrrole nitrogens is 1. The minimum atomic E-state index is -3.15. The third-order valence-corrected chi connectivity index (χ3v) is 8.54. The SMILES string of the molecule is CC1(C)Cc2cc(C3CCN(S(C)(=O)=O)CC3)ccc2C(=O)c2c1[nH]c1cc(C#N)ccc21. The molecule has 1 aromatic heterocycles. The highest BCUT2D eigenvalue weighted by Gasteiger charge is 2.36. The summed E-state index contributed by atoms with van der Waals surface area (Å²) >= 11 is 0. The second-order valence-electron chi connectivity index (χ2n) is 9.99. The molecule has 170 valence electrons. The second kappa shape index (κ2) is 7.54. The molecule has 5 rings (SSSR count). The van der Waals surface area contributed by atoms with Gasteiger partial charge in [0.15, 0.2) is 5.78 Å². The summed E-state index contributed by atoms with van der Waals surface area (Å²) in [5.74, 6) is 0.304. The molecular formula is C26H27N3O3S. The Morgan fingerprint density at radius 3 is 2.52 bits per heavy atom. The monoisotopic (exact) mass is 461 g/mol. The molecule has 1 aliphatic heterocycles. The first-order valence-electron chi connectivity index (χ1n) is 11.3. The average molecular weight is 462 g/mol. The molecule has 0 radical (unpaired) electrons. The Hall–Kier alpha value is -2.95. The predicted molar refractivity (Wildman–Crippen MR) is 128 cm³/mol. The third-order valence-electron chi connectivity index (χ3n) is 7.23. The van der Waals surface area contributed by atoms with E-state index in [9.17, 15) is 18.5 Å². The van der Waals surface area contributed by atoms with Gasteiger partial charge in [-0.05, 0) is 48.4 Å². The number of rotatable bonds is 2. The van der Waals surface area contributed by atoms with Crippen LogP contribution in [0.25, 0.3) is 10.9 Å². The fourth-order valence-electron chi connectivity index (χ4n) is 5.47. The minimum absolute atomic E-state index is 0.0139. The summed E-state index contributed by atoms with van der Waals surface area (Å²) in [7, 11) is -3.15. The third kappa shape index (κ3) is 3.68. The van der Waals surface area contributed by atoms with E-state index in [0.717, 1.165) is 47.0 Å². The number of carbonyl (C=O) groups is 1. The smallest absolute Gasteiger partial charge is 0.211 e. The lowest BCUT2D eigenvalue weighted by atomic mass is 9.81. The van der Waals surface area contributed by atoms with Crippen LogP contribution in [0, 0.1) is 11.3 Å². The van der Waals surface area contributed by atoms with Gasteiger partial charge < -0.3 is 4.98 Å². The lowest BCUT2D eigenvalue weighted by molar-refractivity contribution is 0.103. The van der Waals surface area contributed by atoms with Crippen LogP contribution in [0.4, 0.5) is 0 Å². The van der Waals surface area contributed by atoms with E-state index in [1.54, 1.807) is 16.4 Å². The van der Waals surface area contributed by atoms with E-state index >= 15 is 0 Å². The van der Waals surface area contributed by atoms with E-state index in [1.807, 2.05) is 18.2 Å². The van der Waals surface area contributed by atoms with E-state index in [-0.39, 0.29) is 17.1 Å². The molecule has 0 unspecified atom stereocenters. The average Bonchev–Trinajstić information content (AvgIpc) is 3.14. The summed E-state index contributed by atoms with van der Waals surface area (Å²) in [6.45, 7) is 5.36. The molecule has 3 aromatic rings. The summed E-state index contributed by atoms with van der Waals surface area (Å²) in [5.41, 5.74) is 5.65. The molecule has 6 nitrogen and oxygen atoms in total. The van der Waals surface area contributed by atoms with Crippen molar-refractivity contribution in [3.05, 3.63) is 69.9 Å². The van der Waals surface area contributed by atoms with Crippen molar-refractivity contribution in [3.63, 3.8) is 0 Å². The van der Waals surface area contributed by atoms with Crippen LogP contribution in [-0.2, 0) is 21.9 Å². The number of fused-ring (bicyclic) bond motifs is 4. The molecule has 0 spiro atoms. The fourth-order valence-corrected chi connectivity index (χ4v) is 6.34. The normalized spacial score (nSPS) is 19.0. The lowest BCUT2D eigenvalue weighted by Crippen LogP contribution is -2.37. The molecule has 1 aliphatic carbocycles. The van der Waals surface area contributed by atoms with E-state index < -0.39 is 10.0 Å². The molecule has 2 aliphatic rings. The van der Waals surface area contributed by atoms with Crippen molar-refractivity contribution in [1.29, 1.82) is 5.26 Å². The van der Waals surface area contributed by atoms with Gasteiger partial charge in [0.2, 0.25) is 10.0 Å². The highest BCUT2D eigenvalue weighted by atomic mass is 32.2. The van der Waals surface area contributed by atoms with Crippen molar-refractivity contribution in [2.75, 3.05) is 19.3 Å². The molecule has 7 heteroatoms. The molecule has 33 heavy (non-hydrogen) atoms. The molecule has 1 fully saturated rings. The van der Waals surface area contributed by atoms with Crippen molar-refractivity contribution in [1.82, 2.24) is 9.29 Å². The topological polar surface area (TPSA) is 94.0 Å². The number of piperidine rings is 1. The van der Waals surface area contributed by atoms with Gasteiger partial charge in [-0.1, -0.05) is 38.1 Å². The Morgan fingerprint density at radius 2 is 1.85 bits per heavy atom. The molecule has 0 amide bonds. The number of benzene rings is 2. The molecular weight excluding hydrogens is 434 g/mol. The molecule has 1 saturated heterocycles. The Labute approximate surface area is 194 Å². The maximum absolute atomic E-state index is 13.7. The number of nitrogens with zero attached hydrogens (tertiary/aromatic N) is 2. The first kappa shape index (κ1) is 21.9. The Bertz CT molecular complexity index is 1440. The van der Waals surface area contributed by atoms with Crippen molar-refractivity contribution < 1.29 is 13.2 Å². The first-order chi connectivity index (χ1) is 15.6. The van der Waals surface area contributed by atoms with Crippen molar-refractivity contribution in [3.8, 4) is 6.07 Å². The van der Waals surface area contributed by atoms with Crippen molar-refractivity contribution in [2.45, 2.75) is 44.4 Å². The van der Waals surface area contributed by atoms with Gasteiger partial charge in [-0.25, -0.2) is 12.7 Å². The summed E-state index contributed by atoms with van der Waals surface area (Å²) in [6, 6.07) is 13.7. The zero-order valence-corrected chi connectivity index (χ0v) is 19.9. The molecule has 2 heterocycles. The van der Waals surface area contributed by atoms with Crippen LogP contribution in [0.3, 0.4) is 0 Å². The largest absolute Gasteiger partial charge is 0.357 e. The molecule has 0 saturated carbocycles. The first-order valence-corrected chi connectivity index (χ1v) is 13.1. The number of hydrogen-bond acceptors (Lipinski definition) is 4. The Balaban J connectivity index is 1.54. The molecule has 1 N–H and O–H groups in total. The zero-order chi connectivity index (χ0) is 23.5. The zero-order valence-electron chi connectivity index (χ0n) is 19.1. The molecule has 0 atom stereocenters. The van der Waals surface area contributed by atoms with Crippen molar-refractivity contribution >= 4 is 26.7 Å². The van der Waals surface area contributed by atoms with Gasteiger partial charge in [0.05, 0.1) is 23.5 Å². The van der Waals surface area contributed by atoms with Gasteiger partial charge in [0, 0.05) is 40.7 Å². The van der Waals surface area contributed by atoms with E-state index in [4.69, 9.17) is 0 Å². The highest BCUT2D eigenvalue weighted by Crippen LogP contribution is 2.41. The summed E-state index contributed by atoms with van der Waals surface area (Å²) in [6.07, 6.45) is 3.56. The fraction of sp³-hybridized carbons (Fsp3) is 0.385. The van der Waals surface area contributed by atoms with E-state index in [2.05, 4.69) is 31.0 Å².